The van der Waals surface area contributed by atoms with Gasteiger partial charge in [-0.1, -0.05) is 0 Å². The van der Waals surface area contributed by atoms with Crippen LogP contribution in [0, 0.1) is 5.82 Å². The van der Waals surface area contributed by atoms with Gasteiger partial charge in [0.1, 0.15) is 5.82 Å². The van der Waals surface area contributed by atoms with Crippen LogP contribution in [0.15, 0.2) is 42.5 Å². The van der Waals surface area contributed by atoms with Crippen molar-refractivity contribution in [2.75, 3.05) is 10.6 Å². The van der Waals surface area contributed by atoms with Gasteiger partial charge in [-0.05, 0) is 73.4 Å². The Bertz CT molecular complexity index is 1450. The standard InChI is InChI=1S/C27H22FN3O5/c28-15-6-4-14(5-7-15)26(35)29-16-8-10-20-18(12-16)19(27(36)31-20)13-22-17(9-11-24(33)34)25-21(30-22)2-1-3-23(25)32/h4-8,10,12-13,30H,1-3,9,11H2,(H,29,35)(H,31,36)(H,33,34)/b19-13-. The molecule has 2 amide bonds. The van der Waals surface area contributed by atoms with E-state index in [-0.39, 0.29) is 30.1 Å². The van der Waals surface area contributed by atoms with Gasteiger partial charge < -0.3 is 20.7 Å². The second kappa shape index (κ2) is 9.26. The van der Waals surface area contributed by atoms with E-state index in [1.807, 2.05) is 0 Å². The molecule has 36 heavy (non-hydrogen) atoms. The lowest BCUT2D eigenvalue weighted by Crippen LogP contribution is -2.12. The van der Waals surface area contributed by atoms with E-state index in [9.17, 15) is 28.7 Å². The SMILES string of the molecule is O=C(O)CCc1c(/C=C2\C(=O)Nc3ccc(NC(=O)c4ccc(F)cc4)cc32)[nH]c2c1C(=O)CCC2. The molecule has 4 N–H and O–H groups in total. The number of carboxylic acid groups (broad SMARTS) is 1. The van der Waals surface area contributed by atoms with Crippen LogP contribution >= 0.6 is 0 Å². The Kier molecular flexibility index (Phi) is 5.97. The number of halogens is 1. The molecule has 3 aromatic rings. The van der Waals surface area contributed by atoms with E-state index in [1.165, 1.54) is 24.3 Å². The number of anilines is 2. The minimum atomic E-state index is -0.975. The van der Waals surface area contributed by atoms with E-state index < -0.39 is 17.7 Å². The Morgan fingerprint density at radius 1 is 1.08 bits per heavy atom. The molecule has 1 aliphatic heterocycles. The van der Waals surface area contributed by atoms with Gasteiger partial charge >= 0.3 is 5.97 Å². The molecule has 5 rings (SSSR count). The van der Waals surface area contributed by atoms with Crippen molar-refractivity contribution >= 4 is 46.6 Å². The number of hydrogen-bond donors (Lipinski definition) is 4. The molecule has 1 aliphatic carbocycles. The van der Waals surface area contributed by atoms with Crippen molar-refractivity contribution in [2.45, 2.75) is 32.1 Å². The average molecular weight is 487 g/mol. The summed E-state index contributed by atoms with van der Waals surface area (Å²) in [6, 6.07) is 10.1. The summed E-state index contributed by atoms with van der Waals surface area (Å²) in [5, 5.41) is 14.7. The van der Waals surface area contributed by atoms with Gasteiger partial charge in [0.15, 0.2) is 5.78 Å². The van der Waals surface area contributed by atoms with Gasteiger partial charge in [0, 0.05) is 52.3 Å². The topological polar surface area (TPSA) is 128 Å². The molecule has 0 spiro atoms. The monoisotopic (exact) mass is 487 g/mol. The smallest absolute Gasteiger partial charge is 0.303 e. The number of carbonyl (C=O) groups is 4. The van der Waals surface area contributed by atoms with Gasteiger partial charge in [-0.3, -0.25) is 19.2 Å². The normalized spacial score (nSPS) is 15.4. The maximum Gasteiger partial charge on any atom is 0.303 e. The van der Waals surface area contributed by atoms with Gasteiger partial charge in [-0.25, -0.2) is 4.39 Å². The molecule has 8 nitrogen and oxygen atoms in total. The van der Waals surface area contributed by atoms with Crippen LogP contribution in [-0.4, -0.2) is 33.7 Å². The van der Waals surface area contributed by atoms with Crippen LogP contribution in [0.5, 0.6) is 0 Å². The highest BCUT2D eigenvalue weighted by Gasteiger charge is 2.29. The zero-order valence-corrected chi connectivity index (χ0v) is 19.1. The fraction of sp³-hybridized carbons (Fsp3) is 0.185. The number of nitrogens with one attached hydrogen (secondary N) is 3. The number of benzene rings is 2. The second-order valence-electron chi connectivity index (χ2n) is 8.77. The summed E-state index contributed by atoms with van der Waals surface area (Å²) in [5.74, 6) is -2.23. The first-order valence-corrected chi connectivity index (χ1v) is 11.5. The summed E-state index contributed by atoms with van der Waals surface area (Å²) in [6.07, 6.45) is 3.44. The van der Waals surface area contributed by atoms with Crippen molar-refractivity contribution in [3.8, 4) is 0 Å². The van der Waals surface area contributed by atoms with Crippen LogP contribution in [0.3, 0.4) is 0 Å². The van der Waals surface area contributed by atoms with E-state index in [2.05, 4.69) is 15.6 Å². The van der Waals surface area contributed by atoms with Crippen molar-refractivity contribution in [3.63, 3.8) is 0 Å². The first kappa shape index (κ1) is 23.2. The molecule has 9 heteroatoms. The number of carbonyl (C=O) groups excluding carboxylic acids is 3. The summed E-state index contributed by atoms with van der Waals surface area (Å²) in [5.41, 5.74) is 4.60. The quantitative estimate of drug-likeness (QED) is 0.382. The molecule has 0 unspecified atom stereocenters. The Hall–Kier alpha value is -4.53. The largest absolute Gasteiger partial charge is 0.481 e. The molecule has 2 heterocycles. The fourth-order valence-corrected chi connectivity index (χ4v) is 4.66. The van der Waals surface area contributed by atoms with Crippen LogP contribution in [0.4, 0.5) is 15.8 Å². The number of hydrogen-bond acceptors (Lipinski definition) is 4. The minimum Gasteiger partial charge on any atom is -0.481 e. The first-order valence-electron chi connectivity index (χ1n) is 11.5. The number of aliphatic carboxylic acids is 1. The van der Waals surface area contributed by atoms with Crippen molar-refractivity contribution in [1.82, 2.24) is 4.98 Å². The molecule has 0 atom stereocenters. The molecule has 0 saturated heterocycles. The van der Waals surface area contributed by atoms with Crippen molar-refractivity contribution < 1.29 is 28.7 Å². The number of amides is 2. The summed E-state index contributed by atoms with van der Waals surface area (Å²) in [6.45, 7) is 0. The van der Waals surface area contributed by atoms with Gasteiger partial charge in [0.25, 0.3) is 11.8 Å². The molecule has 0 bridgehead atoms. The minimum absolute atomic E-state index is 0.0281. The van der Waals surface area contributed by atoms with Gasteiger partial charge in [0.05, 0.1) is 5.57 Å². The number of fused-ring (bicyclic) bond motifs is 2. The van der Waals surface area contributed by atoms with Crippen molar-refractivity contribution in [3.05, 3.63) is 81.9 Å². The summed E-state index contributed by atoms with van der Waals surface area (Å²) >= 11 is 0. The van der Waals surface area contributed by atoms with Crippen LogP contribution in [-0.2, 0) is 22.4 Å². The Balaban J connectivity index is 1.50. The van der Waals surface area contributed by atoms with E-state index in [0.29, 0.717) is 58.6 Å². The summed E-state index contributed by atoms with van der Waals surface area (Å²) in [7, 11) is 0. The molecule has 1 aromatic heterocycles. The number of aromatic amines is 1. The predicted octanol–water partition coefficient (Wildman–Crippen LogP) is 4.44. The van der Waals surface area contributed by atoms with E-state index in [4.69, 9.17) is 0 Å². The number of H-pyrrole nitrogens is 1. The lowest BCUT2D eigenvalue weighted by atomic mass is 9.91. The zero-order chi connectivity index (χ0) is 25.4. The number of carboxylic acids is 1. The third-order valence-electron chi connectivity index (χ3n) is 6.37. The van der Waals surface area contributed by atoms with E-state index in [1.54, 1.807) is 24.3 Å². The van der Waals surface area contributed by atoms with E-state index >= 15 is 0 Å². The zero-order valence-electron chi connectivity index (χ0n) is 19.1. The molecule has 0 radical (unpaired) electrons. The molecular formula is C27H22FN3O5. The van der Waals surface area contributed by atoms with Crippen LogP contribution < -0.4 is 10.6 Å². The third-order valence-corrected chi connectivity index (χ3v) is 6.37. The van der Waals surface area contributed by atoms with Crippen LogP contribution in [0.2, 0.25) is 0 Å². The van der Waals surface area contributed by atoms with Gasteiger partial charge in [-0.15, -0.1) is 0 Å². The number of rotatable bonds is 6. The maximum atomic E-state index is 13.2. The van der Waals surface area contributed by atoms with Crippen molar-refractivity contribution in [2.24, 2.45) is 0 Å². The van der Waals surface area contributed by atoms with Crippen molar-refractivity contribution in [1.29, 1.82) is 0 Å². The number of Topliss-reactive ketones (excluding diaryl/α,β-unsaturated/α-hetero) is 1. The van der Waals surface area contributed by atoms with Gasteiger partial charge in [0.2, 0.25) is 0 Å². The van der Waals surface area contributed by atoms with E-state index in [0.717, 1.165) is 5.69 Å². The number of aryl methyl sites for hydroxylation is 1. The Labute approximate surface area is 205 Å². The highest BCUT2D eigenvalue weighted by Crippen LogP contribution is 2.37. The maximum absolute atomic E-state index is 13.2. The molecule has 2 aliphatic rings. The summed E-state index contributed by atoms with van der Waals surface area (Å²) in [4.78, 5) is 52.5. The summed E-state index contributed by atoms with van der Waals surface area (Å²) < 4.78 is 13.2. The molecular weight excluding hydrogens is 465 g/mol. The molecule has 0 saturated carbocycles. The second-order valence-corrected chi connectivity index (χ2v) is 8.77. The van der Waals surface area contributed by atoms with Gasteiger partial charge in [-0.2, -0.15) is 0 Å². The average Bonchev–Trinajstić information content (AvgIpc) is 3.35. The first-order chi connectivity index (χ1) is 17.3. The highest BCUT2D eigenvalue weighted by atomic mass is 19.1. The Morgan fingerprint density at radius 2 is 1.86 bits per heavy atom. The highest BCUT2D eigenvalue weighted by molar-refractivity contribution is 6.35. The number of aromatic nitrogens is 1. The third kappa shape index (κ3) is 4.43. The van der Waals surface area contributed by atoms with Crippen LogP contribution in [0.1, 0.15) is 62.5 Å². The lowest BCUT2D eigenvalue weighted by Gasteiger charge is -2.11. The number of ketones is 1. The fourth-order valence-electron chi connectivity index (χ4n) is 4.66. The predicted molar refractivity (Wildman–Crippen MR) is 131 cm³/mol. The Morgan fingerprint density at radius 3 is 2.61 bits per heavy atom. The molecule has 0 fully saturated rings. The molecule has 2 aromatic carbocycles. The lowest BCUT2D eigenvalue weighted by molar-refractivity contribution is -0.137. The molecule has 182 valence electrons. The van der Waals surface area contributed by atoms with Crippen LogP contribution in [0.25, 0.3) is 11.6 Å².